The molecule has 0 aliphatic heterocycles. The first kappa shape index (κ1) is 12.3. The first-order valence-corrected chi connectivity index (χ1v) is 5.79. The molecule has 0 bridgehead atoms. The van der Waals surface area contributed by atoms with Gasteiger partial charge in [0.1, 0.15) is 5.75 Å². The minimum absolute atomic E-state index is 0.159. The molecule has 0 saturated heterocycles. The summed E-state index contributed by atoms with van der Waals surface area (Å²) in [7, 11) is 0. The monoisotopic (exact) mass is 258 g/mol. The third-order valence-corrected chi connectivity index (χ3v) is 2.91. The van der Waals surface area contributed by atoms with Gasteiger partial charge in [-0.25, -0.2) is 0 Å². The van der Waals surface area contributed by atoms with Crippen molar-refractivity contribution in [2.75, 3.05) is 5.32 Å². The fraction of sp³-hybridized carbons (Fsp3) is 0.0714. The van der Waals surface area contributed by atoms with Crippen molar-refractivity contribution in [2.24, 2.45) is 0 Å². The predicted molar refractivity (Wildman–Crippen MR) is 71.6 cm³/mol. The molecular formula is C14H11ClN2O. The van der Waals surface area contributed by atoms with Crippen LogP contribution in [0.1, 0.15) is 11.1 Å². The molecular weight excluding hydrogens is 248 g/mol. The summed E-state index contributed by atoms with van der Waals surface area (Å²) in [5.74, 6) is 0.159. The van der Waals surface area contributed by atoms with Crippen molar-refractivity contribution in [3.8, 4) is 11.8 Å². The number of hydrogen-bond acceptors (Lipinski definition) is 3. The van der Waals surface area contributed by atoms with Gasteiger partial charge in [0.05, 0.1) is 11.6 Å². The molecule has 0 heterocycles. The van der Waals surface area contributed by atoms with Gasteiger partial charge in [0.25, 0.3) is 0 Å². The van der Waals surface area contributed by atoms with E-state index >= 15 is 0 Å². The van der Waals surface area contributed by atoms with E-state index in [1.165, 1.54) is 0 Å². The second-order valence-corrected chi connectivity index (χ2v) is 4.19. The molecule has 0 saturated carbocycles. The molecule has 2 rings (SSSR count). The molecule has 0 aliphatic rings. The maximum atomic E-state index is 9.69. The van der Waals surface area contributed by atoms with Gasteiger partial charge in [-0.1, -0.05) is 23.7 Å². The molecule has 0 fully saturated rings. The van der Waals surface area contributed by atoms with E-state index in [1.807, 2.05) is 6.07 Å². The van der Waals surface area contributed by atoms with E-state index in [-0.39, 0.29) is 5.75 Å². The lowest BCUT2D eigenvalue weighted by Gasteiger charge is -2.09. The van der Waals surface area contributed by atoms with Crippen LogP contribution in [0.15, 0.2) is 42.5 Å². The number of nitrogens with zero attached hydrogens (tertiary/aromatic N) is 1. The van der Waals surface area contributed by atoms with Gasteiger partial charge in [-0.3, -0.25) is 0 Å². The van der Waals surface area contributed by atoms with Crippen molar-refractivity contribution < 1.29 is 5.11 Å². The van der Waals surface area contributed by atoms with Gasteiger partial charge in [-0.2, -0.15) is 5.26 Å². The standard InChI is InChI=1S/C14H11ClN2O/c15-13-5-2-6-14(18)12(13)9-17-11-4-1-3-10(7-11)8-16/h1-7,17-18H,9H2. The zero-order valence-electron chi connectivity index (χ0n) is 9.52. The highest BCUT2D eigenvalue weighted by molar-refractivity contribution is 6.31. The Labute approximate surface area is 110 Å². The maximum Gasteiger partial charge on any atom is 0.122 e. The Morgan fingerprint density at radius 2 is 2.00 bits per heavy atom. The van der Waals surface area contributed by atoms with Gasteiger partial charge in [-0.05, 0) is 30.3 Å². The molecule has 3 nitrogen and oxygen atoms in total. The van der Waals surface area contributed by atoms with E-state index < -0.39 is 0 Å². The molecule has 0 unspecified atom stereocenters. The fourth-order valence-corrected chi connectivity index (χ4v) is 1.85. The largest absolute Gasteiger partial charge is 0.508 e. The van der Waals surface area contributed by atoms with Gasteiger partial charge in [0.2, 0.25) is 0 Å². The summed E-state index contributed by atoms with van der Waals surface area (Å²) in [6.45, 7) is 0.403. The van der Waals surface area contributed by atoms with Crippen molar-refractivity contribution in [2.45, 2.75) is 6.54 Å². The van der Waals surface area contributed by atoms with E-state index in [4.69, 9.17) is 16.9 Å². The smallest absolute Gasteiger partial charge is 0.122 e. The van der Waals surface area contributed by atoms with Gasteiger partial charge >= 0.3 is 0 Å². The van der Waals surface area contributed by atoms with Crippen LogP contribution in [0, 0.1) is 11.3 Å². The highest BCUT2D eigenvalue weighted by atomic mass is 35.5. The number of nitriles is 1. The van der Waals surface area contributed by atoms with E-state index in [1.54, 1.807) is 36.4 Å². The van der Waals surface area contributed by atoms with Crippen LogP contribution in [0.2, 0.25) is 5.02 Å². The Kier molecular flexibility index (Phi) is 3.71. The number of phenolic OH excluding ortho intramolecular Hbond substituents is 1. The van der Waals surface area contributed by atoms with Crippen molar-refractivity contribution >= 4 is 17.3 Å². The number of rotatable bonds is 3. The van der Waals surface area contributed by atoms with E-state index in [9.17, 15) is 5.11 Å². The van der Waals surface area contributed by atoms with Crippen LogP contribution in [0.25, 0.3) is 0 Å². The van der Waals surface area contributed by atoms with Crippen molar-refractivity contribution in [1.82, 2.24) is 0 Å². The normalized spacial score (nSPS) is 9.78. The molecule has 0 amide bonds. The van der Waals surface area contributed by atoms with Crippen LogP contribution in [-0.2, 0) is 6.54 Å². The Hall–Kier alpha value is -2.18. The van der Waals surface area contributed by atoms with Crippen LogP contribution in [0.4, 0.5) is 5.69 Å². The molecule has 90 valence electrons. The number of phenols is 1. The number of benzene rings is 2. The average Bonchev–Trinajstić information content (AvgIpc) is 2.38. The lowest BCUT2D eigenvalue weighted by Crippen LogP contribution is -2.00. The second-order valence-electron chi connectivity index (χ2n) is 3.78. The van der Waals surface area contributed by atoms with Crippen LogP contribution in [0.5, 0.6) is 5.75 Å². The van der Waals surface area contributed by atoms with Gasteiger partial charge in [0, 0.05) is 22.8 Å². The molecule has 0 radical (unpaired) electrons. The molecule has 2 aromatic rings. The number of halogens is 1. The highest BCUT2D eigenvalue weighted by Crippen LogP contribution is 2.26. The average molecular weight is 259 g/mol. The Bertz CT molecular complexity index is 585. The number of hydrogen-bond donors (Lipinski definition) is 2. The lowest BCUT2D eigenvalue weighted by atomic mass is 10.2. The summed E-state index contributed by atoms with van der Waals surface area (Å²) in [6, 6.07) is 14.2. The fourth-order valence-electron chi connectivity index (χ4n) is 1.61. The minimum atomic E-state index is 0.159. The first-order valence-electron chi connectivity index (χ1n) is 5.41. The molecule has 0 atom stereocenters. The maximum absolute atomic E-state index is 9.69. The summed E-state index contributed by atoms with van der Waals surface area (Å²) in [5.41, 5.74) is 2.04. The quantitative estimate of drug-likeness (QED) is 0.886. The Balaban J connectivity index is 2.14. The van der Waals surface area contributed by atoms with Crippen molar-refractivity contribution in [3.05, 3.63) is 58.6 Å². The van der Waals surface area contributed by atoms with Gasteiger partial charge in [-0.15, -0.1) is 0 Å². The molecule has 18 heavy (non-hydrogen) atoms. The third-order valence-electron chi connectivity index (χ3n) is 2.56. The lowest BCUT2D eigenvalue weighted by molar-refractivity contribution is 0.469. The van der Waals surface area contributed by atoms with Crippen LogP contribution < -0.4 is 5.32 Å². The van der Waals surface area contributed by atoms with Crippen LogP contribution in [0.3, 0.4) is 0 Å². The van der Waals surface area contributed by atoms with E-state index in [0.717, 1.165) is 5.69 Å². The van der Waals surface area contributed by atoms with Gasteiger partial charge in [0.15, 0.2) is 0 Å². The third kappa shape index (κ3) is 2.73. The van der Waals surface area contributed by atoms with Gasteiger partial charge < -0.3 is 10.4 Å². The molecule has 4 heteroatoms. The summed E-state index contributed by atoms with van der Waals surface area (Å²) >= 11 is 6.00. The Morgan fingerprint density at radius 1 is 1.22 bits per heavy atom. The topological polar surface area (TPSA) is 56.0 Å². The molecule has 2 aromatic carbocycles. The molecule has 2 N–H and O–H groups in total. The zero-order valence-corrected chi connectivity index (χ0v) is 10.3. The first-order chi connectivity index (χ1) is 8.70. The summed E-state index contributed by atoms with van der Waals surface area (Å²) in [5, 5.41) is 22.1. The molecule has 0 spiro atoms. The predicted octanol–water partition coefficient (Wildman–Crippen LogP) is 3.53. The zero-order chi connectivity index (χ0) is 13.0. The van der Waals surface area contributed by atoms with Crippen LogP contribution >= 0.6 is 11.6 Å². The summed E-state index contributed by atoms with van der Waals surface area (Å²) < 4.78 is 0. The number of aromatic hydroxyl groups is 1. The Morgan fingerprint density at radius 3 is 2.72 bits per heavy atom. The van der Waals surface area contributed by atoms with E-state index in [2.05, 4.69) is 11.4 Å². The second kappa shape index (κ2) is 5.44. The number of anilines is 1. The summed E-state index contributed by atoms with van der Waals surface area (Å²) in [4.78, 5) is 0. The minimum Gasteiger partial charge on any atom is -0.508 e. The van der Waals surface area contributed by atoms with Crippen molar-refractivity contribution in [1.29, 1.82) is 5.26 Å². The van der Waals surface area contributed by atoms with Crippen LogP contribution in [-0.4, -0.2) is 5.11 Å². The highest BCUT2D eigenvalue weighted by Gasteiger charge is 2.05. The summed E-state index contributed by atoms with van der Waals surface area (Å²) in [6.07, 6.45) is 0. The SMILES string of the molecule is N#Cc1cccc(NCc2c(O)cccc2Cl)c1. The molecule has 0 aliphatic carbocycles. The van der Waals surface area contributed by atoms with E-state index in [0.29, 0.717) is 22.7 Å². The van der Waals surface area contributed by atoms with Crippen molar-refractivity contribution in [3.63, 3.8) is 0 Å². The number of nitrogens with one attached hydrogen (secondary N) is 1. The molecule has 0 aromatic heterocycles.